The molecule has 0 atom stereocenters. The number of hydrogen-bond donors (Lipinski definition) is 2. The third kappa shape index (κ3) is 2.49. The first-order valence-corrected chi connectivity index (χ1v) is 6.11. The third-order valence-electron chi connectivity index (χ3n) is 3.81. The van der Waals surface area contributed by atoms with Crippen LogP contribution in [0.25, 0.3) is 0 Å². The molecule has 1 aliphatic carbocycles. The third-order valence-corrected chi connectivity index (χ3v) is 3.81. The van der Waals surface area contributed by atoms with Gasteiger partial charge in [0.2, 0.25) is 0 Å². The number of nitrogen functional groups attached to an aromatic ring is 1. The first-order chi connectivity index (χ1) is 8.14. The van der Waals surface area contributed by atoms with Crippen molar-refractivity contribution in [3.63, 3.8) is 0 Å². The van der Waals surface area contributed by atoms with Gasteiger partial charge in [0.1, 0.15) is 6.33 Å². The summed E-state index contributed by atoms with van der Waals surface area (Å²) in [7, 11) is 4.30. The van der Waals surface area contributed by atoms with E-state index in [4.69, 9.17) is 5.73 Å². The minimum absolute atomic E-state index is 0.247. The van der Waals surface area contributed by atoms with E-state index in [1.54, 1.807) is 6.20 Å². The van der Waals surface area contributed by atoms with Crippen molar-refractivity contribution < 1.29 is 0 Å². The molecule has 2 rings (SSSR count). The lowest BCUT2D eigenvalue weighted by Crippen LogP contribution is -2.47. The molecular formula is C12H21N5. The number of nitrogens with two attached hydrogens (primary N) is 1. The van der Waals surface area contributed by atoms with Crippen molar-refractivity contribution in [1.82, 2.24) is 14.9 Å². The number of nitrogens with one attached hydrogen (secondary N) is 1. The van der Waals surface area contributed by atoms with Crippen molar-refractivity contribution in [2.24, 2.45) is 0 Å². The minimum Gasteiger partial charge on any atom is -0.394 e. The minimum atomic E-state index is 0.247. The second-order valence-corrected chi connectivity index (χ2v) is 5.01. The van der Waals surface area contributed by atoms with Gasteiger partial charge in [-0.1, -0.05) is 12.8 Å². The first kappa shape index (κ1) is 12.1. The van der Waals surface area contributed by atoms with Crippen LogP contribution in [0.3, 0.4) is 0 Å². The molecule has 0 bridgehead atoms. The SMILES string of the molecule is CN(C)C1(CNc2ncncc2N)CCCC1. The highest BCUT2D eigenvalue weighted by molar-refractivity contribution is 5.59. The summed E-state index contributed by atoms with van der Waals surface area (Å²) in [6.45, 7) is 0.890. The molecule has 3 N–H and O–H groups in total. The van der Waals surface area contributed by atoms with Crippen molar-refractivity contribution >= 4 is 11.5 Å². The summed E-state index contributed by atoms with van der Waals surface area (Å²) in [6, 6.07) is 0. The largest absolute Gasteiger partial charge is 0.394 e. The van der Waals surface area contributed by atoms with E-state index in [9.17, 15) is 0 Å². The summed E-state index contributed by atoms with van der Waals surface area (Å²) >= 11 is 0. The van der Waals surface area contributed by atoms with Crippen molar-refractivity contribution in [1.29, 1.82) is 0 Å². The lowest BCUT2D eigenvalue weighted by atomic mass is 9.96. The van der Waals surface area contributed by atoms with Gasteiger partial charge in [0.25, 0.3) is 0 Å². The lowest BCUT2D eigenvalue weighted by Gasteiger charge is -2.36. The van der Waals surface area contributed by atoms with Gasteiger partial charge in [-0.05, 0) is 26.9 Å². The van der Waals surface area contributed by atoms with E-state index in [0.29, 0.717) is 5.69 Å². The number of rotatable bonds is 4. The molecule has 0 unspecified atom stereocenters. The average Bonchev–Trinajstić information content (AvgIpc) is 2.78. The number of aromatic nitrogens is 2. The molecule has 94 valence electrons. The molecule has 0 aromatic carbocycles. The van der Waals surface area contributed by atoms with E-state index in [0.717, 1.165) is 12.4 Å². The van der Waals surface area contributed by atoms with Gasteiger partial charge in [-0.25, -0.2) is 9.97 Å². The zero-order chi connectivity index (χ0) is 12.3. The van der Waals surface area contributed by atoms with Gasteiger partial charge in [-0.2, -0.15) is 0 Å². The van der Waals surface area contributed by atoms with Crippen molar-refractivity contribution in [2.75, 3.05) is 31.7 Å². The predicted octanol–water partition coefficient (Wildman–Crippen LogP) is 1.35. The Bertz CT molecular complexity index is 371. The van der Waals surface area contributed by atoms with E-state index in [-0.39, 0.29) is 5.54 Å². The van der Waals surface area contributed by atoms with E-state index >= 15 is 0 Å². The van der Waals surface area contributed by atoms with Crippen molar-refractivity contribution in [3.05, 3.63) is 12.5 Å². The fraction of sp³-hybridized carbons (Fsp3) is 0.667. The van der Waals surface area contributed by atoms with Crippen LogP contribution in [0.15, 0.2) is 12.5 Å². The molecule has 1 heterocycles. The van der Waals surface area contributed by atoms with Gasteiger partial charge in [-0.15, -0.1) is 0 Å². The Hall–Kier alpha value is -1.36. The topological polar surface area (TPSA) is 67.1 Å². The second-order valence-electron chi connectivity index (χ2n) is 5.01. The lowest BCUT2D eigenvalue weighted by molar-refractivity contribution is 0.172. The van der Waals surface area contributed by atoms with Crippen LogP contribution in [0.1, 0.15) is 25.7 Å². The average molecular weight is 235 g/mol. The molecule has 1 aliphatic rings. The normalized spacial score (nSPS) is 18.5. The predicted molar refractivity (Wildman–Crippen MR) is 69.8 cm³/mol. The fourth-order valence-corrected chi connectivity index (χ4v) is 2.55. The van der Waals surface area contributed by atoms with Crippen LogP contribution in [-0.2, 0) is 0 Å². The Morgan fingerprint density at radius 1 is 1.41 bits per heavy atom. The van der Waals surface area contributed by atoms with Gasteiger partial charge >= 0.3 is 0 Å². The molecular weight excluding hydrogens is 214 g/mol. The molecule has 0 radical (unpaired) electrons. The maximum atomic E-state index is 5.82. The number of hydrogen-bond acceptors (Lipinski definition) is 5. The first-order valence-electron chi connectivity index (χ1n) is 6.11. The highest BCUT2D eigenvalue weighted by Gasteiger charge is 2.35. The number of anilines is 2. The highest BCUT2D eigenvalue weighted by Crippen LogP contribution is 2.34. The van der Waals surface area contributed by atoms with Crippen LogP contribution in [0.4, 0.5) is 11.5 Å². The molecule has 5 heteroatoms. The van der Waals surface area contributed by atoms with Gasteiger partial charge in [-0.3, -0.25) is 0 Å². The molecule has 0 aliphatic heterocycles. The quantitative estimate of drug-likeness (QED) is 0.824. The molecule has 0 amide bonds. The van der Waals surface area contributed by atoms with E-state index in [1.807, 2.05) is 0 Å². The monoisotopic (exact) mass is 235 g/mol. The fourth-order valence-electron chi connectivity index (χ4n) is 2.55. The molecule has 1 aromatic heterocycles. The van der Waals surface area contributed by atoms with Crippen LogP contribution in [-0.4, -0.2) is 41.0 Å². The summed E-state index contributed by atoms with van der Waals surface area (Å²) in [5, 5.41) is 3.36. The van der Waals surface area contributed by atoms with Crippen LogP contribution in [0.5, 0.6) is 0 Å². The van der Waals surface area contributed by atoms with Crippen LogP contribution in [0, 0.1) is 0 Å². The Morgan fingerprint density at radius 2 is 2.12 bits per heavy atom. The van der Waals surface area contributed by atoms with Gasteiger partial charge in [0, 0.05) is 12.1 Å². The number of likely N-dealkylation sites (N-methyl/N-ethyl adjacent to an activating group) is 1. The zero-order valence-electron chi connectivity index (χ0n) is 10.6. The molecule has 1 fully saturated rings. The van der Waals surface area contributed by atoms with E-state index < -0.39 is 0 Å². The summed E-state index contributed by atoms with van der Waals surface area (Å²) < 4.78 is 0. The van der Waals surface area contributed by atoms with Gasteiger partial charge < -0.3 is 16.0 Å². The smallest absolute Gasteiger partial charge is 0.152 e. The highest BCUT2D eigenvalue weighted by atomic mass is 15.2. The van der Waals surface area contributed by atoms with Gasteiger partial charge in [0.05, 0.1) is 11.9 Å². The Morgan fingerprint density at radius 3 is 2.71 bits per heavy atom. The van der Waals surface area contributed by atoms with E-state index in [2.05, 4.69) is 34.3 Å². The van der Waals surface area contributed by atoms with Crippen molar-refractivity contribution in [2.45, 2.75) is 31.2 Å². The maximum Gasteiger partial charge on any atom is 0.152 e. The summed E-state index contributed by atoms with van der Waals surface area (Å²) in [4.78, 5) is 10.4. The maximum absolute atomic E-state index is 5.82. The Balaban J connectivity index is 2.03. The summed E-state index contributed by atoms with van der Waals surface area (Å²) in [6.07, 6.45) is 8.23. The second kappa shape index (κ2) is 4.87. The number of nitrogens with zero attached hydrogens (tertiary/aromatic N) is 3. The zero-order valence-corrected chi connectivity index (χ0v) is 10.6. The van der Waals surface area contributed by atoms with E-state index in [1.165, 1.54) is 32.0 Å². The Labute approximate surface area is 102 Å². The molecule has 0 saturated heterocycles. The molecule has 1 aromatic rings. The Kier molecular flexibility index (Phi) is 3.47. The summed E-state index contributed by atoms with van der Waals surface area (Å²) in [5.41, 5.74) is 6.68. The van der Waals surface area contributed by atoms with Crippen molar-refractivity contribution in [3.8, 4) is 0 Å². The van der Waals surface area contributed by atoms with Crippen LogP contribution < -0.4 is 11.1 Å². The van der Waals surface area contributed by atoms with Crippen LogP contribution >= 0.6 is 0 Å². The molecule has 5 nitrogen and oxygen atoms in total. The van der Waals surface area contributed by atoms with Gasteiger partial charge in [0.15, 0.2) is 5.82 Å². The van der Waals surface area contributed by atoms with Crippen LogP contribution in [0.2, 0.25) is 0 Å². The molecule has 0 spiro atoms. The standard InChI is InChI=1S/C12H21N5/c1-17(2)12(5-3-4-6-12)8-15-11-10(13)7-14-9-16-11/h7,9H,3-6,8,13H2,1-2H3,(H,14,15,16). The molecule has 17 heavy (non-hydrogen) atoms. The summed E-state index contributed by atoms with van der Waals surface area (Å²) in [5.74, 6) is 0.744. The molecule has 1 saturated carbocycles.